The Kier molecular flexibility index (Phi) is 3.84. The Morgan fingerprint density at radius 3 is 3.06 bits per heavy atom. The van der Waals surface area contributed by atoms with Crippen molar-refractivity contribution in [3.63, 3.8) is 0 Å². The number of rotatable bonds is 4. The van der Waals surface area contributed by atoms with Crippen LogP contribution in [-0.2, 0) is 0 Å². The molecule has 2 rings (SSSR count). The maximum atomic E-state index is 5.29. The van der Waals surface area contributed by atoms with E-state index in [4.69, 9.17) is 4.74 Å². The molecule has 0 aromatic carbocycles. The smallest absolute Gasteiger partial charge is 0.132 e. The monoisotopic (exact) mass is 235 g/mol. The van der Waals surface area contributed by atoms with Crippen molar-refractivity contribution < 1.29 is 4.74 Å². The van der Waals surface area contributed by atoms with Crippen molar-refractivity contribution in [2.45, 2.75) is 13.3 Å². The van der Waals surface area contributed by atoms with Gasteiger partial charge in [-0.05, 0) is 32.9 Å². The van der Waals surface area contributed by atoms with Gasteiger partial charge in [0.2, 0.25) is 0 Å². The van der Waals surface area contributed by atoms with E-state index in [0.29, 0.717) is 0 Å². The number of hydrogen-bond donors (Lipinski definition) is 1. The van der Waals surface area contributed by atoms with E-state index < -0.39 is 0 Å². The zero-order valence-corrected chi connectivity index (χ0v) is 10.9. The predicted molar refractivity (Wildman–Crippen MR) is 69.8 cm³/mol. The van der Waals surface area contributed by atoms with Crippen molar-refractivity contribution in [2.75, 3.05) is 38.7 Å². The molecule has 0 aliphatic carbocycles. The average Bonchev–Trinajstić information content (AvgIpc) is 2.77. The number of ether oxygens (including phenoxy) is 1. The van der Waals surface area contributed by atoms with Crippen LogP contribution in [0.15, 0.2) is 12.1 Å². The fraction of sp³-hybridized carbons (Fsp3) is 0.615. The van der Waals surface area contributed by atoms with Gasteiger partial charge >= 0.3 is 0 Å². The van der Waals surface area contributed by atoms with Crippen molar-refractivity contribution in [3.8, 4) is 5.75 Å². The lowest BCUT2D eigenvalue weighted by Crippen LogP contribution is -2.25. The van der Waals surface area contributed by atoms with Crippen molar-refractivity contribution in [1.29, 1.82) is 0 Å². The van der Waals surface area contributed by atoms with Gasteiger partial charge in [0.15, 0.2) is 0 Å². The van der Waals surface area contributed by atoms with E-state index in [-0.39, 0.29) is 0 Å². The zero-order valence-electron chi connectivity index (χ0n) is 10.9. The first-order valence-corrected chi connectivity index (χ1v) is 6.15. The predicted octanol–water partition coefficient (Wildman–Crippen LogP) is 1.44. The van der Waals surface area contributed by atoms with Crippen LogP contribution in [0.3, 0.4) is 0 Å². The first kappa shape index (κ1) is 12.2. The minimum absolute atomic E-state index is 0.730. The van der Waals surface area contributed by atoms with E-state index in [1.54, 1.807) is 7.11 Å². The van der Waals surface area contributed by atoms with E-state index >= 15 is 0 Å². The van der Waals surface area contributed by atoms with Gasteiger partial charge in [-0.25, -0.2) is 4.98 Å². The summed E-state index contributed by atoms with van der Waals surface area (Å²) in [6.45, 7) is 5.26. The molecule has 0 saturated carbocycles. The molecular formula is C13H21N3O. The van der Waals surface area contributed by atoms with Crippen molar-refractivity contribution in [1.82, 2.24) is 10.3 Å². The van der Waals surface area contributed by atoms with Gasteiger partial charge in [-0.3, -0.25) is 0 Å². The van der Waals surface area contributed by atoms with Gasteiger partial charge in [0, 0.05) is 30.9 Å². The highest BCUT2D eigenvalue weighted by Gasteiger charge is 2.23. The number of anilines is 1. The lowest BCUT2D eigenvalue weighted by molar-refractivity contribution is 0.414. The van der Waals surface area contributed by atoms with E-state index in [1.807, 2.05) is 26.1 Å². The van der Waals surface area contributed by atoms with Gasteiger partial charge in [-0.2, -0.15) is 0 Å². The number of hydrogen-bond acceptors (Lipinski definition) is 4. The van der Waals surface area contributed by atoms with Gasteiger partial charge in [-0.15, -0.1) is 0 Å². The summed E-state index contributed by atoms with van der Waals surface area (Å²) in [5.41, 5.74) is 1.01. The molecule has 94 valence electrons. The molecule has 17 heavy (non-hydrogen) atoms. The summed E-state index contributed by atoms with van der Waals surface area (Å²) in [5.74, 6) is 2.67. The molecule has 1 aliphatic rings. The molecule has 0 radical (unpaired) electrons. The van der Waals surface area contributed by atoms with Crippen LogP contribution in [0.25, 0.3) is 0 Å². The lowest BCUT2D eigenvalue weighted by Gasteiger charge is -2.18. The summed E-state index contributed by atoms with van der Waals surface area (Å²) in [5, 5.41) is 3.24. The van der Waals surface area contributed by atoms with Crippen LogP contribution in [0.5, 0.6) is 5.75 Å². The van der Waals surface area contributed by atoms with Crippen LogP contribution in [0.1, 0.15) is 12.1 Å². The molecule has 4 heteroatoms. The number of pyridine rings is 1. The molecule has 1 aliphatic heterocycles. The minimum Gasteiger partial charge on any atom is -0.497 e. The molecule has 4 nitrogen and oxygen atoms in total. The fourth-order valence-corrected chi connectivity index (χ4v) is 2.40. The van der Waals surface area contributed by atoms with Crippen LogP contribution >= 0.6 is 0 Å². The molecule has 1 atom stereocenters. The van der Waals surface area contributed by atoms with Crippen LogP contribution in [0, 0.1) is 12.8 Å². The van der Waals surface area contributed by atoms with Crippen molar-refractivity contribution in [2.24, 2.45) is 5.92 Å². The Morgan fingerprint density at radius 1 is 1.53 bits per heavy atom. The molecule has 1 aromatic rings. The Labute approximate surface area is 103 Å². The summed E-state index contributed by atoms with van der Waals surface area (Å²) in [4.78, 5) is 6.93. The Morgan fingerprint density at radius 2 is 2.35 bits per heavy atom. The van der Waals surface area contributed by atoms with E-state index in [2.05, 4.69) is 15.2 Å². The fourth-order valence-electron chi connectivity index (χ4n) is 2.40. The average molecular weight is 235 g/mol. The van der Waals surface area contributed by atoms with Crippen LogP contribution in [0.2, 0.25) is 0 Å². The third-order valence-electron chi connectivity index (χ3n) is 3.25. The summed E-state index contributed by atoms with van der Waals surface area (Å²) in [7, 11) is 3.71. The Balaban J connectivity index is 2.10. The van der Waals surface area contributed by atoms with E-state index in [9.17, 15) is 0 Å². The number of aryl methyl sites for hydroxylation is 1. The second kappa shape index (κ2) is 5.36. The summed E-state index contributed by atoms with van der Waals surface area (Å²) >= 11 is 0. The highest BCUT2D eigenvalue weighted by atomic mass is 16.5. The standard InChI is InChI=1S/C13H21N3O/c1-10-6-12(17-3)7-13(15-10)16-5-4-11(9-16)8-14-2/h6-7,11,14H,4-5,8-9H2,1-3H3. The van der Waals surface area contributed by atoms with Gasteiger partial charge in [-0.1, -0.05) is 0 Å². The topological polar surface area (TPSA) is 37.4 Å². The molecule has 0 amide bonds. The third kappa shape index (κ3) is 2.88. The second-order valence-corrected chi connectivity index (χ2v) is 4.66. The molecule has 0 spiro atoms. The number of nitrogens with one attached hydrogen (secondary N) is 1. The quantitative estimate of drug-likeness (QED) is 0.857. The van der Waals surface area contributed by atoms with E-state index in [1.165, 1.54) is 6.42 Å². The zero-order chi connectivity index (χ0) is 12.3. The molecule has 1 fully saturated rings. The molecule has 1 N–H and O–H groups in total. The molecule has 0 bridgehead atoms. The first-order valence-electron chi connectivity index (χ1n) is 6.15. The maximum Gasteiger partial charge on any atom is 0.132 e. The molecule has 1 unspecified atom stereocenters. The van der Waals surface area contributed by atoms with Crippen LogP contribution in [-0.4, -0.2) is 38.8 Å². The first-order chi connectivity index (χ1) is 8.22. The van der Waals surface area contributed by atoms with Gasteiger partial charge in [0.25, 0.3) is 0 Å². The highest BCUT2D eigenvalue weighted by molar-refractivity contribution is 5.46. The molecular weight excluding hydrogens is 214 g/mol. The van der Waals surface area contributed by atoms with Gasteiger partial charge in [0.05, 0.1) is 7.11 Å². The SMILES string of the molecule is CNCC1CCN(c2cc(OC)cc(C)n2)C1. The second-order valence-electron chi connectivity index (χ2n) is 4.66. The Bertz CT molecular complexity index is 381. The normalized spacial score (nSPS) is 19.7. The minimum atomic E-state index is 0.730. The number of methoxy groups -OCH3 is 1. The number of aromatic nitrogens is 1. The van der Waals surface area contributed by atoms with Gasteiger partial charge in [0.1, 0.15) is 11.6 Å². The van der Waals surface area contributed by atoms with Crippen molar-refractivity contribution >= 4 is 5.82 Å². The lowest BCUT2D eigenvalue weighted by atomic mass is 10.1. The summed E-state index contributed by atoms with van der Waals surface area (Å²) < 4.78 is 5.29. The van der Waals surface area contributed by atoms with Crippen molar-refractivity contribution in [3.05, 3.63) is 17.8 Å². The molecule has 2 heterocycles. The highest BCUT2D eigenvalue weighted by Crippen LogP contribution is 2.25. The van der Waals surface area contributed by atoms with E-state index in [0.717, 1.165) is 42.8 Å². The Hall–Kier alpha value is -1.29. The maximum absolute atomic E-state index is 5.29. The van der Waals surface area contributed by atoms with Crippen LogP contribution < -0.4 is 15.0 Å². The summed E-state index contributed by atoms with van der Waals surface area (Å²) in [6.07, 6.45) is 1.23. The number of nitrogens with zero attached hydrogens (tertiary/aromatic N) is 2. The van der Waals surface area contributed by atoms with Crippen LogP contribution in [0.4, 0.5) is 5.82 Å². The third-order valence-corrected chi connectivity index (χ3v) is 3.25. The molecule has 1 aromatic heterocycles. The summed E-state index contributed by atoms with van der Waals surface area (Å²) in [6, 6.07) is 3.99. The molecule has 1 saturated heterocycles. The van der Waals surface area contributed by atoms with Gasteiger partial charge < -0.3 is 15.0 Å². The largest absolute Gasteiger partial charge is 0.497 e.